The number of hydrogen-bond donors (Lipinski definition) is 2. The van der Waals surface area contributed by atoms with Crippen molar-refractivity contribution < 1.29 is 27.5 Å². The Labute approximate surface area is 138 Å². The van der Waals surface area contributed by atoms with E-state index in [1.54, 1.807) is 12.2 Å². The van der Waals surface area contributed by atoms with E-state index in [4.69, 9.17) is 15.6 Å². The summed E-state index contributed by atoms with van der Waals surface area (Å²) in [5, 5.41) is 8.83. The molecule has 0 aliphatic carbocycles. The third-order valence-electron chi connectivity index (χ3n) is 2.19. The molecule has 2 atom stereocenters. The van der Waals surface area contributed by atoms with Gasteiger partial charge < -0.3 is 15.6 Å². The van der Waals surface area contributed by atoms with Crippen LogP contribution in [0.1, 0.15) is 6.23 Å². The molecule has 2 heterocycles. The van der Waals surface area contributed by atoms with Crippen molar-refractivity contribution in [2.45, 2.75) is 12.3 Å². The molecular weight excluding hydrogens is 598 g/mol. The number of ether oxygens (including phenoxy) is 1. The number of rotatable bonds is 2. The van der Waals surface area contributed by atoms with E-state index in [2.05, 4.69) is 42.2 Å². The normalized spacial score (nSPS) is 21.3. The van der Waals surface area contributed by atoms with Gasteiger partial charge in [-0.25, -0.2) is 9.18 Å². The summed E-state index contributed by atoms with van der Waals surface area (Å²) >= 11 is 5.30. The Morgan fingerprint density at radius 1 is 1.58 bits per heavy atom. The van der Waals surface area contributed by atoms with Crippen molar-refractivity contribution in [3.05, 3.63) is 34.7 Å². The number of nitrogen functional groups attached to an aromatic ring is 1. The summed E-state index contributed by atoms with van der Waals surface area (Å²) in [5.74, 6) is -1.23. The molecule has 19 heavy (non-hydrogen) atoms. The van der Waals surface area contributed by atoms with E-state index >= 15 is 0 Å². The summed E-state index contributed by atoms with van der Waals surface area (Å²) in [4.78, 5) is 14.7. The van der Waals surface area contributed by atoms with Crippen LogP contribution in [0.15, 0.2) is 23.1 Å². The first-order valence-corrected chi connectivity index (χ1v) is 17.5. The summed E-state index contributed by atoms with van der Waals surface area (Å²) < 4.78 is 19.3. The first kappa shape index (κ1) is 17.5. The molecule has 0 amide bonds. The average Bonchev–Trinajstić information content (AvgIpc) is 2.83. The second kappa shape index (κ2) is 8.68. The predicted octanol–water partition coefficient (Wildman–Crippen LogP) is -1.81. The fourth-order valence-corrected chi connectivity index (χ4v) is 1.39. The molecule has 2 unspecified atom stereocenters. The average molecular weight is 608 g/mol. The molecular formula is C9H10FI3N3O3-. The van der Waals surface area contributed by atoms with Gasteiger partial charge in [0.05, 0.1) is 12.8 Å². The minimum atomic E-state index is -0.788. The molecule has 108 valence electrons. The van der Waals surface area contributed by atoms with Gasteiger partial charge in [0.1, 0.15) is 6.10 Å². The quantitative estimate of drug-likeness (QED) is 0.306. The van der Waals surface area contributed by atoms with Crippen LogP contribution in [0.3, 0.4) is 0 Å². The Balaban J connectivity index is 0.000000550. The van der Waals surface area contributed by atoms with Gasteiger partial charge in [-0.3, -0.25) is 4.57 Å². The third-order valence-corrected chi connectivity index (χ3v) is 2.19. The maximum Gasteiger partial charge on any atom is 0.352 e. The molecule has 2 rings (SSSR count). The Hall–Kier alpha value is 0.460. The zero-order valence-electron chi connectivity index (χ0n) is 9.34. The van der Waals surface area contributed by atoms with E-state index in [1.165, 1.54) is 0 Å². The van der Waals surface area contributed by atoms with Crippen LogP contribution in [0, 0.1) is 5.82 Å². The molecule has 0 spiro atoms. The fraction of sp³-hybridized carbons (Fsp3) is 0.333. The van der Waals surface area contributed by atoms with Gasteiger partial charge in [-0.2, -0.15) is 4.98 Å². The monoisotopic (exact) mass is 608 g/mol. The number of nitrogens with zero attached hydrogens (tertiary/aromatic N) is 2. The molecule has 0 radical (unpaired) electrons. The molecule has 10 heteroatoms. The van der Waals surface area contributed by atoms with E-state index in [9.17, 15) is 9.18 Å². The van der Waals surface area contributed by atoms with Crippen LogP contribution >= 0.6 is 37.2 Å². The van der Waals surface area contributed by atoms with Crippen molar-refractivity contribution in [1.29, 1.82) is 0 Å². The first-order valence-electron chi connectivity index (χ1n) is 4.89. The van der Waals surface area contributed by atoms with Crippen LogP contribution in [0.4, 0.5) is 10.2 Å². The van der Waals surface area contributed by atoms with Gasteiger partial charge >= 0.3 is 56.2 Å². The van der Waals surface area contributed by atoms with E-state index in [0.717, 1.165) is 10.8 Å². The van der Waals surface area contributed by atoms with Crippen molar-refractivity contribution >= 4 is 43.0 Å². The second-order valence-electron chi connectivity index (χ2n) is 3.35. The Bertz CT molecular complexity index is 511. The van der Waals surface area contributed by atoms with Crippen LogP contribution in [0.25, 0.3) is 0 Å². The summed E-state index contributed by atoms with van der Waals surface area (Å²) in [7, 11) is 0. The predicted molar refractivity (Wildman–Crippen MR) is 81.0 cm³/mol. The van der Waals surface area contributed by atoms with E-state index in [1.807, 2.05) is 0 Å². The van der Waals surface area contributed by atoms with E-state index in [-0.39, 0.29) is 6.61 Å². The topological polar surface area (TPSA) is 90.4 Å². The van der Waals surface area contributed by atoms with Gasteiger partial charge in [0.15, 0.2) is 17.9 Å². The minimum Gasteiger partial charge on any atom is -0.393 e. The van der Waals surface area contributed by atoms with Gasteiger partial charge in [0, 0.05) is 0 Å². The molecule has 1 aromatic rings. The standard InChI is InChI=1S/C9H10FN3O3.I3/c10-6-3-13(9(15)12-8(6)11)7-2-1-5(4-14)16-7;1-3-2/h1-3,5,7,14H,4H2,(H2,11,12,15);/q;-1. The third kappa shape index (κ3) is 5.05. The van der Waals surface area contributed by atoms with Crippen molar-refractivity contribution in [2.75, 3.05) is 12.3 Å². The molecule has 1 aliphatic heterocycles. The summed E-state index contributed by atoms with van der Waals surface area (Å²) in [6.07, 6.45) is 2.81. The van der Waals surface area contributed by atoms with Gasteiger partial charge in [0.25, 0.3) is 0 Å². The molecule has 1 aliphatic rings. The summed E-state index contributed by atoms with van der Waals surface area (Å²) in [5.41, 5.74) is 4.44. The van der Waals surface area contributed by atoms with Gasteiger partial charge in [-0.15, -0.1) is 0 Å². The molecule has 0 bridgehead atoms. The summed E-state index contributed by atoms with van der Waals surface area (Å²) in [6, 6.07) is 0. The zero-order valence-corrected chi connectivity index (χ0v) is 15.8. The number of halogens is 4. The second-order valence-corrected chi connectivity index (χ2v) is 19.6. The largest absolute Gasteiger partial charge is 0.393 e. The number of aromatic nitrogens is 2. The molecule has 1 aromatic heterocycles. The van der Waals surface area contributed by atoms with E-state index < -0.39 is 29.7 Å². The zero-order chi connectivity index (χ0) is 14.4. The summed E-state index contributed by atoms with van der Waals surface area (Å²) in [6.45, 7) is -0.202. The van der Waals surface area contributed by atoms with Gasteiger partial charge in [0.2, 0.25) is 0 Å². The van der Waals surface area contributed by atoms with Crippen LogP contribution in [0.5, 0.6) is 0 Å². The van der Waals surface area contributed by atoms with Crippen LogP contribution in [-0.2, 0) is 4.74 Å². The van der Waals surface area contributed by atoms with Crippen LogP contribution < -0.4 is 24.7 Å². The number of nitrogens with two attached hydrogens (primary N) is 1. The molecule has 0 saturated carbocycles. The number of hydrogen-bond acceptors (Lipinski definition) is 5. The molecule has 0 aromatic carbocycles. The molecule has 0 fully saturated rings. The number of anilines is 1. The van der Waals surface area contributed by atoms with Crippen molar-refractivity contribution in [3.63, 3.8) is 0 Å². The van der Waals surface area contributed by atoms with Crippen LogP contribution in [0.2, 0.25) is 0 Å². The van der Waals surface area contributed by atoms with Crippen LogP contribution in [-0.4, -0.2) is 27.4 Å². The number of aliphatic hydroxyl groups is 1. The molecule has 3 N–H and O–H groups in total. The fourth-order valence-electron chi connectivity index (χ4n) is 1.39. The molecule has 6 nitrogen and oxygen atoms in total. The smallest absolute Gasteiger partial charge is 0.352 e. The minimum absolute atomic E-state index is 0.202. The Morgan fingerprint density at radius 3 is 2.74 bits per heavy atom. The first-order chi connectivity index (χ1) is 9.03. The number of aliphatic hydroxyl groups excluding tert-OH is 1. The maximum absolute atomic E-state index is 13.1. The Kier molecular flexibility index (Phi) is 8.00. The Morgan fingerprint density at radius 2 is 2.21 bits per heavy atom. The van der Waals surface area contributed by atoms with Gasteiger partial charge in [-0.1, -0.05) is 6.08 Å². The van der Waals surface area contributed by atoms with E-state index in [0.29, 0.717) is 13.3 Å². The van der Waals surface area contributed by atoms with Crippen molar-refractivity contribution in [3.8, 4) is 0 Å². The van der Waals surface area contributed by atoms with Crippen molar-refractivity contribution in [1.82, 2.24) is 9.55 Å². The van der Waals surface area contributed by atoms with Crippen molar-refractivity contribution in [2.24, 2.45) is 0 Å². The maximum atomic E-state index is 13.1. The SMILES string of the molecule is I[I-]I.Nc1nc(=O)n(C2C=CC(CO)O2)cc1F. The molecule has 0 saturated heterocycles. The van der Waals surface area contributed by atoms with Gasteiger partial charge in [-0.05, 0) is 6.08 Å².